The molecule has 72 heavy (non-hydrogen) atoms. The van der Waals surface area contributed by atoms with Gasteiger partial charge in [-0.3, -0.25) is 15.3 Å². The summed E-state index contributed by atoms with van der Waals surface area (Å²) in [6.45, 7) is 7.66. The van der Waals surface area contributed by atoms with Crippen molar-refractivity contribution in [2.75, 3.05) is 26.9 Å². The van der Waals surface area contributed by atoms with Crippen molar-refractivity contribution in [1.82, 2.24) is 50.9 Å². The monoisotopic (exact) mass is 968 g/mol. The highest BCUT2D eigenvalue weighted by Crippen LogP contribution is 2.29. The lowest BCUT2D eigenvalue weighted by molar-refractivity contribution is 0.0448. The summed E-state index contributed by atoms with van der Waals surface area (Å²) in [7, 11) is 1.52. The molecule has 0 spiro atoms. The molecule has 18 heteroatoms. The van der Waals surface area contributed by atoms with Gasteiger partial charge in [0.05, 0.1) is 19.8 Å². The summed E-state index contributed by atoms with van der Waals surface area (Å²) < 4.78 is 32.9. The number of aromatic amines is 3. The molecule has 0 aliphatic rings. The van der Waals surface area contributed by atoms with Gasteiger partial charge in [0.2, 0.25) is 0 Å². The molecule has 9 aromatic rings. The van der Waals surface area contributed by atoms with Gasteiger partial charge < -0.3 is 33.7 Å². The maximum atomic E-state index is 12.7. The normalized spacial score (nSPS) is 10.7. The molecule has 18 nitrogen and oxygen atoms in total. The lowest BCUT2D eigenvalue weighted by Gasteiger charge is -2.10. The van der Waals surface area contributed by atoms with E-state index in [0.717, 1.165) is 67.3 Å². The average Bonchev–Trinajstić information content (AvgIpc) is 4.23. The van der Waals surface area contributed by atoms with E-state index < -0.39 is 12.2 Å². The third-order valence-corrected chi connectivity index (χ3v) is 10.7. The Kier molecular flexibility index (Phi) is 16.6. The van der Waals surface area contributed by atoms with Gasteiger partial charge >= 0.3 is 12.2 Å². The minimum Gasteiger partial charge on any atom is -0.494 e. The number of hydrogen-bond acceptors (Lipinski definition) is 14. The average molecular weight is 969 g/mol. The summed E-state index contributed by atoms with van der Waals surface area (Å²) in [5.74, 6) is 5.61. The maximum Gasteiger partial charge on any atom is 0.508 e. The van der Waals surface area contributed by atoms with Gasteiger partial charge in [0.1, 0.15) is 37.1 Å². The second-order valence-electron chi connectivity index (χ2n) is 15.5. The molecule has 366 valence electrons. The van der Waals surface area contributed by atoms with E-state index in [4.69, 9.17) is 28.4 Å². The number of carbonyl (C=O) groups excluding carboxylic acids is 2. The van der Waals surface area contributed by atoms with Crippen LogP contribution in [0, 0.1) is 0 Å². The maximum absolute atomic E-state index is 12.7. The number of nitrogens with one attached hydrogen (secondary N) is 4. The topological polar surface area (TPSA) is 226 Å². The molecule has 0 aliphatic heterocycles. The van der Waals surface area contributed by atoms with Gasteiger partial charge in [0.15, 0.2) is 34.9 Å². The zero-order valence-corrected chi connectivity index (χ0v) is 40.0. The molecule has 0 bridgehead atoms. The molecule has 1 amide bonds. The Bertz CT molecular complexity index is 3080. The lowest BCUT2D eigenvalue weighted by Crippen LogP contribution is -2.19. The van der Waals surface area contributed by atoms with Crippen molar-refractivity contribution in [3.8, 4) is 85.6 Å². The van der Waals surface area contributed by atoms with Crippen LogP contribution >= 0.6 is 0 Å². The molecule has 0 saturated heterocycles. The highest BCUT2D eigenvalue weighted by atomic mass is 16.7. The fourth-order valence-electron chi connectivity index (χ4n) is 7.37. The van der Waals surface area contributed by atoms with Crippen molar-refractivity contribution >= 4 is 12.2 Å². The summed E-state index contributed by atoms with van der Waals surface area (Å²) in [6.07, 6.45) is -1.28. The van der Waals surface area contributed by atoms with Crippen molar-refractivity contribution in [3.63, 3.8) is 0 Å². The van der Waals surface area contributed by atoms with Crippen LogP contribution in [0.4, 0.5) is 9.59 Å². The number of benzene rings is 6. The minimum absolute atomic E-state index is 0.0151. The molecule has 9 rings (SSSR count). The Balaban J connectivity index is 0.000000226. The Hall–Kier alpha value is -9.32. The molecule has 3 heterocycles. The molecule has 3 aromatic heterocycles. The van der Waals surface area contributed by atoms with E-state index in [0.29, 0.717) is 54.8 Å². The Morgan fingerprint density at radius 3 is 1.11 bits per heavy atom. The van der Waals surface area contributed by atoms with Crippen LogP contribution in [0.25, 0.3) is 68.3 Å². The van der Waals surface area contributed by atoms with Gasteiger partial charge in [-0.15, -0.1) is 0 Å². The van der Waals surface area contributed by atoms with E-state index in [1.54, 1.807) is 0 Å². The molecule has 0 unspecified atom stereocenters. The molecule has 0 saturated carbocycles. The van der Waals surface area contributed by atoms with Crippen LogP contribution in [0.1, 0.15) is 37.5 Å². The van der Waals surface area contributed by atoms with E-state index in [1.165, 1.54) is 7.05 Å². The molecular formula is C54H52N10O8. The zero-order chi connectivity index (χ0) is 50.1. The third kappa shape index (κ3) is 12.7. The number of alkyl carbamates (subject to hydrolysis) is 1. The quantitative estimate of drug-likeness (QED) is 0.0587. The first-order valence-corrected chi connectivity index (χ1v) is 23.2. The van der Waals surface area contributed by atoms with Crippen molar-refractivity contribution in [1.29, 1.82) is 0 Å². The Morgan fingerprint density at radius 2 is 0.778 bits per heavy atom. The number of hydrogen-bond donors (Lipinski definition) is 4. The molecular weight excluding hydrogens is 917 g/mol. The van der Waals surface area contributed by atoms with Crippen LogP contribution in [-0.4, -0.2) is 84.7 Å². The van der Waals surface area contributed by atoms with Crippen LogP contribution in [0.3, 0.4) is 0 Å². The fraction of sp³-hybridized carbons (Fsp3) is 0.185. The van der Waals surface area contributed by atoms with E-state index >= 15 is 0 Å². The number of rotatable bonds is 18. The van der Waals surface area contributed by atoms with Crippen molar-refractivity contribution in [2.24, 2.45) is 0 Å². The van der Waals surface area contributed by atoms with Crippen LogP contribution in [-0.2, 0) is 34.0 Å². The fourth-order valence-corrected chi connectivity index (χ4v) is 7.37. The summed E-state index contributed by atoms with van der Waals surface area (Å²) in [4.78, 5) is 37.9. The number of amides is 1. The van der Waals surface area contributed by atoms with Crippen molar-refractivity contribution < 1.29 is 38.0 Å². The summed E-state index contributed by atoms with van der Waals surface area (Å²) in [6, 6.07) is 45.4. The predicted molar refractivity (Wildman–Crippen MR) is 269 cm³/mol. The molecule has 0 atom stereocenters. The van der Waals surface area contributed by atoms with E-state index in [1.807, 2.05) is 166 Å². The molecule has 0 radical (unpaired) electrons. The summed E-state index contributed by atoms with van der Waals surface area (Å²) >= 11 is 0. The molecule has 6 aromatic carbocycles. The number of carbonyl (C=O) groups is 2. The van der Waals surface area contributed by atoms with Crippen LogP contribution in [0.2, 0.25) is 0 Å². The largest absolute Gasteiger partial charge is 0.508 e. The molecule has 4 N–H and O–H groups in total. The summed E-state index contributed by atoms with van der Waals surface area (Å²) in [5, 5.41) is 24.4. The van der Waals surface area contributed by atoms with Crippen LogP contribution < -0.4 is 19.5 Å². The summed E-state index contributed by atoms with van der Waals surface area (Å²) in [5.41, 5.74) is 7.17. The lowest BCUT2D eigenvalue weighted by atomic mass is 10.1. The Labute approximate surface area is 415 Å². The number of aromatic nitrogens is 9. The zero-order valence-electron chi connectivity index (χ0n) is 40.0. The van der Waals surface area contributed by atoms with Gasteiger partial charge in [-0.1, -0.05) is 109 Å². The van der Waals surface area contributed by atoms with Crippen molar-refractivity contribution in [2.45, 2.75) is 40.6 Å². The third-order valence-electron chi connectivity index (χ3n) is 10.7. The van der Waals surface area contributed by atoms with Crippen molar-refractivity contribution in [3.05, 3.63) is 162 Å². The smallest absolute Gasteiger partial charge is 0.494 e. The van der Waals surface area contributed by atoms with E-state index in [9.17, 15) is 9.59 Å². The van der Waals surface area contributed by atoms with Crippen LogP contribution in [0.15, 0.2) is 146 Å². The van der Waals surface area contributed by atoms with Gasteiger partial charge in [-0.2, -0.15) is 15.3 Å². The number of ether oxygens (including phenoxy) is 6. The first-order valence-electron chi connectivity index (χ1n) is 23.2. The standard InChI is InChI=1S/C35H32N6O5.C19H20N4O3/c1-3-43-27-15-9-13-23(19-27)31-36-33(40-38-31)29-17-7-5-11-25(29)21-45-35(42)46-22-26-12-6-8-18-30(26)34-37-32(39-41-34)24-14-10-16-28(20-24)44-4-2;1-3-25-15-9-6-8-13(11-15)17-21-18(23-22-17)16-10-5-4-7-14(16)12-26-19(24)20-2/h5-20H,3-4,21-22H2,1-2H3,(H,36,38,40)(H,37,39,41);4-11H,3,12H2,1-2H3,(H,20,24)(H,21,22,23). The number of nitrogens with zero attached hydrogens (tertiary/aromatic N) is 6. The van der Waals surface area contributed by atoms with Crippen LogP contribution in [0.5, 0.6) is 17.2 Å². The highest BCUT2D eigenvalue weighted by molar-refractivity contribution is 5.69. The molecule has 0 fully saturated rings. The predicted octanol–water partition coefficient (Wildman–Crippen LogP) is 10.6. The van der Waals surface area contributed by atoms with Gasteiger partial charge in [0.25, 0.3) is 0 Å². The SMILES string of the molecule is CCOc1cccc(-c2n[nH]c(-c3ccccc3COC(=O)NC)n2)c1.CCOc1cccc(-c2n[nH]c(-c3ccccc3COC(=O)OCc3ccccc3-c3nc(-c4cccc(OCC)c4)n[nH]3)n2)c1. The Morgan fingerprint density at radius 1 is 0.444 bits per heavy atom. The second kappa shape index (κ2) is 24.3. The first-order chi connectivity index (χ1) is 35.3. The highest BCUT2D eigenvalue weighted by Gasteiger charge is 2.17. The second-order valence-corrected chi connectivity index (χ2v) is 15.5. The first kappa shape index (κ1) is 49.1. The molecule has 0 aliphatic carbocycles. The van der Waals surface area contributed by atoms with Gasteiger partial charge in [0, 0.05) is 57.1 Å². The number of H-pyrrole nitrogens is 3. The van der Waals surface area contributed by atoms with E-state index in [2.05, 4.69) is 50.9 Å². The minimum atomic E-state index is -0.804. The van der Waals surface area contributed by atoms with Gasteiger partial charge in [-0.25, -0.2) is 24.5 Å². The van der Waals surface area contributed by atoms with Gasteiger partial charge in [-0.05, 0) is 57.2 Å². The van der Waals surface area contributed by atoms with E-state index in [-0.39, 0.29) is 19.8 Å².